The summed E-state index contributed by atoms with van der Waals surface area (Å²) >= 11 is 0. The van der Waals surface area contributed by atoms with Crippen molar-refractivity contribution in [2.24, 2.45) is 0 Å². The van der Waals surface area contributed by atoms with Crippen LogP contribution in [0.1, 0.15) is 25.5 Å². The predicted octanol–water partition coefficient (Wildman–Crippen LogP) is 3.37. The number of aryl methyl sites for hydroxylation is 1. The summed E-state index contributed by atoms with van der Waals surface area (Å²) in [4.78, 5) is 8.80. The largest absolute Gasteiger partial charge is 0.481 e. The standard InChI is InChI=1S/C16H18N4O/c1-3-4-5-12-15-13(20-19-12)8-9-17-16(15)11-6-7-14(21-2)18-10-11/h6-10H,3-5H2,1-2H3,(H,19,20). The van der Waals surface area contributed by atoms with Crippen LogP contribution in [0.2, 0.25) is 0 Å². The van der Waals surface area contributed by atoms with E-state index in [1.807, 2.05) is 18.2 Å². The summed E-state index contributed by atoms with van der Waals surface area (Å²) in [5.41, 5.74) is 3.98. The number of ether oxygens (including phenoxy) is 1. The lowest BCUT2D eigenvalue weighted by Gasteiger charge is -2.05. The SMILES string of the molecule is CCCCc1[nH]nc2ccnc(-c3ccc(OC)nc3)c12. The molecular formula is C16H18N4O. The molecule has 3 aromatic heterocycles. The first-order chi connectivity index (χ1) is 10.3. The maximum absolute atomic E-state index is 5.10. The molecule has 3 rings (SSSR count). The van der Waals surface area contributed by atoms with E-state index >= 15 is 0 Å². The molecule has 0 aliphatic heterocycles. The van der Waals surface area contributed by atoms with Crippen LogP contribution in [0.4, 0.5) is 0 Å². The number of hydrogen-bond donors (Lipinski definition) is 1. The molecule has 0 saturated heterocycles. The van der Waals surface area contributed by atoms with Crippen molar-refractivity contribution >= 4 is 10.9 Å². The Morgan fingerprint density at radius 3 is 2.81 bits per heavy atom. The number of aromatic nitrogens is 4. The van der Waals surface area contributed by atoms with Gasteiger partial charge in [0.05, 0.1) is 18.3 Å². The first kappa shape index (κ1) is 13.5. The lowest BCUT2D eigenvalue weighted by atomic mass is 10.1. The molecule has 5 heteroatoms. The highest BCUT2D eigenvalue weighted by Gasteiger charge is 2.13. The first-order valence-electron chi connectivity index (χ1n) is 7.16. The van der Waals surface area contributed by atoms with Crippen LogP contribution >= 0.6 is 0 Å². The number of rotatable bonds is 5. The number of hydrogen-bond acceptors (Lipinski definition) is 4. The molecular weight excluding hydrogens is 264 g/mol. The topological polar surface area (TPSA) is 63.7 Å². The molecule has 0 bridgehead atoms. The minimum atomic E-state index is 0.601. The third kappa shape index (κ3) is 2.59. The van der Waals surface area contributed by atoms with E-state index in [4.69, 9.17) is 4.74 Å². The van der Waals surface area contributed by atoms with Crippen molar-refractivity contribution in [3.05, 3.63) is 36.3 Å². The van der Waals surface area contributed by atoms with Gasteiger partial charge in [0.2, 0.25) is 5.88 Å². The molecule has 0 unspecified atom stereocenters. The number of nitrogens with zero attached hydrogens (tertiary/aromatic N) is 3. The Bertz CT molecular complexity index is 734. The lowest BCUT2D eigenvalue weighted by Crippen LogP contribution is -1.92. The summed E-state index contributed by atoms with van der Waals surface area (Å²) in [5, 5.41) is 8.62. The molecule has 5 nitrogen and oxygen atoms in total. The molecule has 0 amide bonds. The fraction of sp³-hybridized carbons (Fsp3) is 0.312. The molecule has 0 spiro atoms. The number of fused-ring (bicyclic) bond motifs is 1. The Balaban J connectivity index is 2.09. The van der Waals surface area contributed by atoms with Crippen molar-refractivity contribution in [1.82, 2.24) is 20.2 Å². The molecule has 21 heavy (non-hydrogen) atoms. The molecule has 108 valence electrons. The van der Waals surface area contributed by atoms with Crippen LogP contribution in [0.15, 0.2) is 30.6 Å². The quantitative estimate of drug-likeness (QED) is 0.779. The number of aromatic amines is 1. The van der Waals surface area contributed by atoms with E-state index in [0.29, 0.717) is 5.88 Å². The maximum atomic E-state index is 5.10. The minimum Gasteiger partial charge on any atom is -0.481 e. The Morgan fingerprint density at radius 1 is 1.19 bits per heavy atom. The first-order valence-corrected chi connectivity index (χ1v) is 7.16. The van der Waals surface area contributed by atoms with Crippen LogP contribution in [0.5, 0.6) is 5.88 Å². The van der Waals surface area contributed by atoms with Gasteiger partial charge >= 0.3 is 0 Å². The van der Waals surface area contributed by atoms with Gasteiger partial charge in [-0.2, -0.15) is 5.10 Å². The van der Waals surface area contributed by atoms with E-state index in [2.05, 4.69) is 27.1 Å². The molecule has 3 aromatic rings. The third-order valence-electron chi connectivity index (χ3n) is 3.54. The van der Waals surface area contributed by atoms with Gasteiger partial charge in [0, 0.05) is 35.1 Å². The van der Waals surface area contributed by atoms with E-state index in [1.165, 1.54) is 0 Å². The highest BCUT2D eigenvalue weighted by molar-refractivity contribution is 5.94. The van der Waals surface area contributed by atoms with E-state index in [9.17, 15) is 0 Å². The molecule has 0 radical (unpaired) electrons. The van der Waals surface area contributed by atoms with Crippen molar-refractivity contribution in [3.63, 3.8) is 0 Å². The van der Waals surface area contributed by atoms with Gasteiger partial charge in [0.1, 0.15) is 0 Å². The fourth-order valence-electron chi connectivity index (χ4n) is 2.42. The molecule has 0 aromatic carbocycles. The molecule has 0 saturated carbocycles. The van der Waals surface area contributed by atoms with Crippen molar-refractivity contribution in [1.29, 1.82) is 0 Å². The van der Waals surface area contributed by atoms with Gasteiger partial charge in [0.15, 0.2) is 0 Å². The lowest BCUT2D eigenvalue weighted by molar-refractivity contribution is 0.398. The van der Waals surface area contributed by atoms with Gasteiger partial charge in [-0.1, -0.05) is 13.3 Å². The van der Waals surface area contributed by atoms with Crippen LogP contribution in [0.25, 0.3) is 22.2 Å². The van der Waals surface area contributed by atoms with E-state index in [1.54, 1.807) is 19.5 Å². The minimum absolute atomic E-state index is 0.601. The normalized spacial score (nSPS) is 11.0. The summed E-state index contributed by atoms with van der Waals surface area (Å²) in [7, 11) is 1.61. The van der Waals surface area contributed by atoms with Gasteiger partial charge in [0.25, 0.3) is 0 Å². The number of nitrogens with one attached hydrogen (secondary N) is 1. The number of methoxy groups -OCH3 is 1. The van der Waals surface area contributed by atoms with Gasteiger partial charge in [-0.25, -0.2) is 4.98 Å². The Hall–Kier alpha value is -2.43. The monoisotopic (exact) mass is 282 g/mol. The highest BCUT2D eigenvalue weighted by atomic mass is 16.5. The van der Waals surface area contributed by atoms with E-state index in [-0.39, 0.29) is 0 Å². The Kier molecular flexibility index (Phi) is 3.81. The number of pyridine rings is 2. The molecule has 0 aliphatic rings. The third-order valence-corrected chi connectivity index (χ3v) is 3.54. The van der Waals surface area contributed by atoms with Crippen molar-refractivity contribution in [3.8, 4) is 17.1 Å². The van der Waals surface area contributed by atoms with E-state index < -0.39 is 0 Å². The summed E-state index contributed by atoms with van der Waals surface area (Å²) in [6.45, 7) is 2.19. The molecule has 0 fully saturated rings. The number of H-pyrrole nitrogens is 1. The predicted molar refractivity (Wildman–Crippen MR) is 82.3 cm³/mol. The van der Waals surface area contributed by atoms with Crippen molar-refractivity contribution < 1.29 is 4.74 Å². The van der Waals surface area contributed by atoms with Crippen molar-refractivity contribution in [2.75, 3.05) is 7.11 Å². The van der Waals surface area contributed by atoms with Crippen LogP contribution in [0, 0.1) is 0 Å². The second-order valence-electron chi connectivity index (χ2n) is 4.95. The average Bonchev–Trinajstić information content (AvgIpc) is 2.96. The summed E-state index contributed by atoms with van der Waals surface area (Å²) in [6, 6.07) is 5.76. The Labute approximate surface area is 123 Å². The van der Waals surface area contributed by atoms with Crippen LogP contribution < -0.4 is 4.74 Å². The summed E-state index contributed by atoms with van der Waals surface area (Å²) in [5.74, 6) is 0.601. The van der Waals surface area contributed by atoms with Crippen LogP contribution in [-0.2, 0) is 6.42 Å². The zero-order valence-corrected chi connectivity index (χ0v) is 12.3. The van der Waals surface area contributed by atoms with Gasteiger partial charge in [-0.15, -0.1) is 0 Å². The second-order valence-corrected chi connectivity index (χ2v) is 4.95. The van der Waals surface area contributed by atoms with Gasteiger partial charge in [-0.05, 0) is 25.0 Å². The molecule has 0 atom stereocenters. The van der Waals surface area contributed by atoms with Crippen LogP contribution in [0.3, 0.4) is 0 Å². The second kappa shape index (κ2) is 5.91. The van der Waals surface area contributed by atoms with Gasteiger partial charge < -0.3 is 4.74 Å². The zero-order chi connectivity index (χ0) is 14.7. The van der Waals surface area contributed by atoms with Gasteiger partial charge in [-0.3, -0.25) is 10.1 Å². The molecule has 3 heterocycles. The van der Waals surface area contributed by atoms with Crippen LogP contribution in [-0.4, -0.2) is 27.3 Å². The fourth-order valence-corrected chi connectivity index (χ4v) is 2.42. The smallest absolute Gasteiger partial charge is 0.212 e. The summed E-state index contributed by atoms with van der Waals surface area (Å²) < 4.78 is 5.10. The zero-order valence-electron chi connectivity index (χ0n) is 12.3. The maximum Gasteiger partial charge on any atom is 0.212 e. The highest BCUT2D eigenvalue weighted by Crippen LogP contribution is 2.28. The summed E-state index contributed by atoms with van der Waals surface area (Å²) in [6.07, 6.45) is 6.84. The number of unbranched alkanes of at least 4 members (excludes halogenated alkanes) is 1. The van der Waals surface area contributed by atoms with Crippen molar-refractivity contribution in [2.45, 2.75) is 26.2 Å². The average molecular weight is 282 g/mol. The molecule has 1 N–H and O–H groups in total. The van der Waals surface area contributed by atoms with E-state index in [0.717, 1.165) is 47.1 Å². The Morgan fingerprint density at radius 2 is 2.10 bits per heavy atom. The molecule has 0 aliphatic carbocycles.